The summed E-state index contributed by atoms with van der Waals surface area (Å²) < 4.78 is 11.2. The molecule has 1 aromatic carbocycles. The highest BCUT2D eigenvalue weighted by atomic mass is 35.5. The van der Waals surface area contributed by atoms with Crippen molar-refractivity contribution in [2.45, 2.75) is 31.2 Å². The monoisotopic (exact) mass is 494 g/mol. The lowest BCUT2D eigenvalue weighted by Crippen LogP contribution is -2.42. The number of rotatable bonds is 7. The molecule has 0 fully saturated rings. The fourth-order valence-corrected chi connectivity index (χ4v) is 4.82. The van der Waals surface area contributed by atoms with Crippen LogP contribution in [0.5, 0.6) is 5.75 Å². The molecule has 182 valence electrons. The zero-order valence-corrected chi connectivity index (χ0v) is 20.2. The maximum atomic E-state index is 12.9. The van der Waals surface area contributed by atoms with E-state index in [0.717, 1.165) is 40.4 Å². The molecule has 10 heteroatoms. The number of carbonyl (C=O) groups is 1. The summed E-state index contributed by atoms with van der Waals surface area (Å²) in [4.78, 5) is 22.3. The molecule has 9 nitrogen and oxygen atoms in total. The summed E-state index contributed by atoms with van der Waals surface area (Å²) in [6.45, 7) is 3.70. The highest BCUT2D eigenvalue weighted by Gasteiger charge is 2.35. The minimum atomic E-state index is -0.317. The van der Waals surface area contributed by atoms with E-state index in [4.69, 9.17) is 21.1 Å². The molecule has 0 bridgehead atoms. The molecule has 5 rings (SSSR count). The van der Waals surface area contributed by atoms with E-state index >= 15 is 0 Å². The summed E-state index contributed by atoms with van der Waals surface area (Å²) in [5.41, 5.74) is 3.22. The average molecular weight is 495 g/mol. The Morgan fingerprint density at radius 3 is 2.91 bits per heavy atom. The summed E-state index contributed by atoms with van der Waals surface area (Å²) in [5.74, 6) is 1.20. The Balaban J connectivity index is 1.36. The van der Waals surface area contributed by atoms with E-state index in [0.29, 0.717) is 32.3 Å². The molecule has 2 atom stereocenters. The van der Waals surface area contributed by atoms with E-state index in [1.165, 1.54) is 11.8 Å². The molecule has 1 amide bonds. The van der Waals surface area contributed by atoms with Crippen LogP contribution in [0.25, 0.3) is 12.2 Å². The molecule has 3 heterocycles. The predicted octanol–water partition coefficient (Wildman–Crippen LogP) is 2.37. The highest BCUT2D eigenvalue weighted by Crippen LogP contribution is 2.34. The van der Waals surface area contributed by atoms with Gasteiger partial charge in [-0.2, -0.15) is 5.10 Å². The molecule has 3 aromatic rings. The Bertz CT molecular complexity index is 1300. The number of benzene rings is 1. The van der Waals surface area contributed by atoms with Crippen molar-refractivity contribution in [3.05, 3.63) is 64.0 Å². The van der Waals surface area contributed by atoms with E-state index in [-0.39, 0.29) is 17.5 Å². The quantitative estimate of drug-likeness (QED) is 0.383. The summed E-state index contributed by atoms with van der Waals surface area (Å²) in [6.07, 6.45) is 8.57. The van der Waals surface area contributed by atoms with Crippen LogP contribution in [-0.4, -0.2) is 62.8 Å². The zero-order valence-electron chi connectivity index (χ0n) is 19.4. The number of fused-ring (bicyclic) bond motifs is 3. The predicted molar refractivity (Wildman–Crippen MR) is 133 cm³/mol. The molecule has 1 aliphatic heterocycles. The average Bonchev–Trinajstić information content (AvgIpc) is 3.25. The van der Waals surface area contributed by atoms with Gasteiger partial charge in [-0.05, 0) is 43.0 Å². The number of ether oxygens (including phenoxy) is 2. The number of anilines is 1. The SMILES string of the molecule is CCOC(=O)N1CCc2c([nH]c3c2=CC(Cl)CC=3)C1c1ccc(OCCNc2nccnn2)cc1. The lowest BCUT2D eigenvalue weighted by atomic mass is 9.92. The first-order chi connectivity index (χ1) is 17.1. The molecule has 2 aliphatic rings. The fourth-order valence-electron chi connectivity index (χ4n) is 4.60. The zero-order chi connectivity index (χ0) is 24.2. The normalized spacial score (nSPS) is 18.5. The molecule has 35 heavy (non-hydrogen) atoms. The molecule has 0 saturated heterocycles. The molecular weight excluding hydrogens is 468 g/mol. The van der Waals surface area contributed by atoms with E-state index in [1.54, 1.807) is 11.1 Å². The lowest BCUT2D eigenvalue weighted by molar-refractivity contribution is 0.0930. The smallest absolute Gasteiger partial charge is 0.410 e. The fraction of sp³-hybridized carbons (Fsp3) is 0.360. The van der Waals surface area contributed by atoms with Crippen molar-refractivity contribution < 1.29 is 14.3 Å². The van der Waals surface area contributed by atoms with Gasteiger partial charge < -0.3 is 19.8 Å². The molecule has 2 unspecified atom stereocenters. The van der Waals surface area contributed by atoms with Crippen LogP contribution in [0.4, 0.5) is 10.7 Å². The number of nitrogens with zero attached hydrogens (tertiary/aromatic N) is 4. The van der Waals surface area contributed by atoms with Gasteiger partial charge in [0.1, 0.15) is 18.4 Å². The Hall–Kier alpha value is -3.59. The van der Waals surface area contributed by atoms with Gasteiger partial charge in [-0.1, -0.05) is 24.3 Å². The van der Waals surface area contributed by atoms with Crippen LogP contribution in [0.3, 0.4) is 0 Å². The van der Waals surface area contributed by atoms with Crippen LogP contribution in [0.2, 0.25) is 0 Å². The van der Waals surface area contributed by atoms with Crippen LogP contribution in [0.1, 0.15) is 36.2 Å². The minimum Gasteiger partial charge on any atom is -0.492 e. The van der Waals surface area contributed by atoms with Gasteiger partial charge in [-0.3, -0.25) is 4.90 Å². The number of hydrogen-bond acceptors (Lipinski definition) is 7. The topological polar surface area (TPSA) is 105 Å². The molecule has 0 radical (unpaired) electrons. The van der Waals surface area contributed by atoms with E-state index in [2.05, 4.69) is 37.6 Å². The molecule has 0 saturated carbocycles. The second kappa shape index (κ2) is 10.4. The summed E-state index contributed by atoms with van der Waals surface area (Å²) >= 11 is 6.41. The Kier molecular flexibility index (Phi) is 6.85. The van der Waals surface area contributed by atoms with Crippen molar-refractivity contribution in [1.29, 1.82) is 0 Å². The second-order valence-electron chi connectivity index (χ2n) is 8.32. The second-order valence-corrected chi connectivity index (χ2v) is 8.88. The third kappa shape index (κ3) is 4.95. The van der Waals surface area contributed by atoms with Crippen molar-refractivity contribution in [3.63, 3.8) is 0 Å². The first-order valence-corrected chi connectivity index (χ1v) is 12.2. The highest BCUT2D eigenvalue weighted by molar-refractivity contribution is 6.24. The van der Waals surface area contributed by atoms with Gasteiger partial charge in [-0.25, -0.2) is 9.78 Å². The number of hydrogen-bond donors (Lipinski definition) is 2. The van der Waals surface area contributed by atoms with Gasteiger partial charge >= 0.3 is 6.09 Å². The van der Waals surface area contributed by atoms with Crippen molar-refractivity contribution in [1.82, 2.24) is 25.1 Å². The third-order valence-electron chi connectivity index (χ3n) is 6.13. The largest absolute Gasteiger partial charge is 0.492 e. The Morgan fingerprint density at radius 2 is 2.14 bits per heavy atom. The number of aromatic amines is 1. The van der Waals surface area contributed by atoms with Crippen molar-refractivity contribution in [2.24, 2.45) is 0 Å². The van der Waals surface area contributed by atoms with Crippen LogP contribution < -0.4 is 20.6 Å². The van der Waals surface area contributed by atoms with Gasteiger partial charge in [-0.15, -0.1) is 16.7 Å². The van der Waals surface area contributed by atoms with Crippen molar-refractivity contribution >= 4 is 35.8 Å². The third-order valence-corrected chi connectivity index (χ3v) is 6.43. The van der Waals surface area contributed by atoms with Crippen LogP contribution in [-0.2, 0) is 11.2 Å². The molecule has 1 aliphatic carbocycles. The number of nitrogens with one attached hydrogen (secondary N) is 2. The summed E-state index contributed by atoms with van der Waals surface area (Å²) in [6, 6.07) is 7.55. The first-order valence-electron chi connectivity index (χ1n) is 11.7. The number of H-pyrrole nitrogens is 1. The Morgan fingerprint density at radius 1 is 1.29 bits per heavy atom. The maximum absolute atomic E-state index is 12.9. The van der Waals surface area contributed by atoms with Gasteiger partial charge in [0.25, 0.3) is 0 Å². The number of amides is 1. The van der Waals surface area contributed by atoms with Gasteiger partial charge in [0.05, 0.1) is 30.9 Å². The van der Waals surface area contributed by atoms with Crippen molar-refractivity contribution in [2.75, 3.05) is 31.6 Å². The molecule has 2 N–H and O–H groups in total. The number of aromatic nitrogens is 4. The van der Waals surface area contributed by atoms with Crippen LogP contribution >= 0.6 is 11.6 Å². The van der Waals surface area contributed by atoms with Gasteiger partial charge in [0, 0.05) is 22.8 Å². The maximum Gasteiger partial charge on any atom is 0.410 e. The Labute approximate surface area is 207 Å². The van der Waals surface area contributed by atoms with Crippen LogP contribution in [0.15, 0.2) is 36.7 Å². The number of carbonyl (C=O) groups excluding carboxylic acids is 1. The molecule has 2 aromatic heterocycles. The number of alkyl halides is 1. The first kappa shape index (κ1) is 23.2. The van der Waals surface area contributed by atoms with Gasteiger partial charge in [0.15, 0.2) is 0 Å². The molecule has 0 spiro atoms. The van der Waals surface area contributed by atoms with E-state index < -0.39 is 0 Å². The van der Waals surface area contributed by atoms with Crippen molar-refractivity contribution in [3.8, 4) is 5.75 Å². The number of halogens is 1. The lowest BCUT2D eigenvalue weighted by Gasteiger charge is -2.35. The summed E-state index contributed by atoms with van der Waals surface area (Å²) in [7, 11) is 0. The van der Waals surface area contributed by atoms with E-state index in [1.807, 2.05) is 31.2 Å². The van der Waals surface area contributed by atoms with E-state index in [9.17, 15) is 4.79 Å². The van der Waals surface area contributed by atoms with Gasteiger partial charge in [0.2, 0.25) is 5.95 Å². The summed E-state index contributed by atoms with van der Waals surface area (Å²) in [5, 5.41) is 12.9. The molecular formula is C25H27ClN6O3. The van der Waals surface area contributed by atoms with Crippen LogP contribution in [0, 0.1) is 0 Å². The minimum absolute atomic E-state index is 0.0143. The standard InChI is InChI=1S/C25H27ClN6O3/c1-2-34-25(33)32-13-9-19-20-15-17(26)5-8-21(20)30-22(19)23(32)16-3-6-18(7-4-16)35-14-12-28-24-27-10-11-29-31-24/h3-4,6-8,10-11,15,17,23,30H,2,5,9,12-14H2,1H3,(H,27,28,31).